The Labute approximate surface area is 237 Å². The van der Waals surface area contributed by atoms with Gasteiger partial charge in [0.2, 0.25) is 0 Å². The highest BCUT2D eigenvalue weighted by molar-refractivity contribution is 5.95. The molecule has 0 radical (unpaired) electrons. The number of benzene rings is 3. The van der Waals surface area contributed by atoms with Gasteiger partial charge in [-0.05, 0) is 67.9 Å². The van der Waals surface area contributed by atoms with Gasteiger partial charge in [0.15, 0.2) is 6.17 Å². The van der Waals surface area contributed by atoms with E-state index in [0.717, 1.165) is 47.4 Å². The molecule has 3 aromatic carbocycles. The minimum Gasteiger partial charge on any atom is -0.314 e. The standard InChI is InChI=1S/C28H21F7N4O4/c1-26(2)22(39-24(41)38(25(42)43-39)21-8-4-6-18(14-21)28(33,34)35)37(20-7-3-5-17(13-20)27(30,31)32)23(40)36(26)15-16-9-11-19(29)12-10-16/h3-14,22H,15H2,1-2H3. The molecule has 5 rings (SSSR count). The first-order chi connectivity index (χ1) is 20.0. The minimum atomic E-state index is -4.80. The van der Waals surface area contributed by atoms with Gasteiger partial charge in [0.05, 0.1) is 22.4 Å². The van der Waals surface area contributed by atoms with Gasteiger partial charge < -0.3 is 9.42 Å². The molecule has 0 aliphatic carbocycles. The number of rotatable bonds is 5. The molecule has 4 aromatic rings. The van der Waals surface area contributed by atoms with E-state index in [1.165, 1.54) is 36.9 Å². The van der Waals surface area contributed by atoms with Crippen LogP contribution in [-0.4, -0.2) is 25.8 Å². The molecule has 1 fully saturated rings. The van der Waals surface area contributed by atoms with E-state index in [1.807, 2.05) is 0 Å². The number of hydrogen-bond donors (Lipinski definition) is 0. The van der Waals surface area contributed by atoms with Crippen molar-refractivity contribution in [1.82, 2.24) is 14.2 Å². The summed E-state index contributed by atoms with van der Waals surface area (Å²) < 4.78 is 100. The number of amides is 2. The van der Waals surface area contributed by atoms with Crippen molar-refractivity contribution in [3.05, 3.63) is 116 Å². The third kappa shape index (κ3) is 5.30. The van der Waals surface area contributed by atoms with Crippen molar-refractivity contribution in [1.29, 1.82) is 0 Å². The maximum atomic E-state index is 13.9. The van der Waals surface area contributed by atoms with Gasteiger partial charge in [0.1, 0.15) is 5.82 Å². The Bertz CT molecular complexity index is 1800. The molecule has 1 atom stereocenters. The molecule has 8 nitrogen and oxygen atoms in total. The predicted octanol–water partition coefficient (Wildman–Crippen LogP) is 6.19. The van der Waals surface area contributed by atoms with Crippen molar-refractivity contribution in [3.63, 3.8) is 0 Å². The number of hydrogen-bond acceptors (Lipinski definition) is 4. The first-order valence-corrected chi connectivity index (χ1v) is 12.5. The van der Waals surface area contributed by atoms with Gasteiger partial charge in [0, 0.05) is 12.2 Å². The Morgan fingerprint density at radius 2 is 1.33 bits per heavy atom. The second kappa shape index (κ2) is 10.2. The maximum absolute atomic E-state index is 13.9. The molecule has 226 valence electrons. The first kappa shape index (κ1) is 29.7. The van der Waals surface area contributed by atoms with Gasteiger partial charge in [0.25, 0.3) is 0 Å². The summed E-state index contributed by atoms with van der Waals surface area (Å²) in [5.74, 6) is -1.95. The fourth-order valence-electron chi connectivity index (χ4n) is 4.99. The molecular formula is C28H21F7N4O4. The summed E-state index contributed by atoms with van der Waals surface area (Å²) in [5, 5.41) is 0. The molecule has 1 unspecified atom stereocenters. The van der Waals surface area contributed by atoms with Gasteiger partial charge in [-0.1, -0.05) is 24.3 Å². The Morgan fingerprint density at radius 1 is 0.791 bits per heavy atom. The van der Waals surface area contributed by atoms with Crippen LogP contribution in [0, 0.1) is 5.82 Å². The maximum Gasteiger partial charge on any atom is 0.447 e. The van der Waals surface area contributed by atoms with Crippen molar-refractivity contribution in [2.45, 2.75) is 44.4 Å². The van der Waals surface area contributed by atoms with E-state index < -0.39 is 64.2 Å². The number of carbonyl (C=O) groups is 1. The van der Waals surface area contributed by atoms with Crippen molar-refractivity contribution in [2.75, 3.05) is 4.90 Å². The van der Waals surface area contributed by atoms with Crippen LogP contribution in [-0.2, 0) is 18.9 Å². The number of nitrogens with zero attached hydrogens (tertiary/aromatic N) is 4. The summed E-state index contributed by atoms with van der Waals surface area (Å²) >= 11 is 0. The molecule has 2 heterocycles. The van der Waals surface area contributed by atoms with Crippen molar-refractivity contribution in [3.8, 4) is 5.69 Å². The second-order valence-corrected chi connectivity index (χ2v) is 10.3. The first-order valence-electron chi connectivity index (χ1n) is 12.5. The lowest BCUT2D eigenvalue weighted by atomic mass is 9.99. The van der Waals surface area contributed by atoms with Gasteiger partial charge in [-0.25, -0.2) is 18.8 Å². The van der Waals surface area contributed by atoms with Gasteiger partial charge >= 0.3 is 29.8 Å². The number of anilines is 1. The summed E-state index contributed by atoms with van der Waals surface area (Å²) in [6.45, 7) is 2.73. The minimum absolute atomic E-state index is 0.189. The van der Waals surface area contributed by atoms with Crippen molar-refractivity contribution >= 4 is 11.7 Å². The third-order valence-corrected chi connectivity index (χ3v) is 7.11. The average molecular weight is 610 g/mol. The Kier molecular flexibility index (Phi) is 7.02. The van der Waals surface area contributed by atoms with Crippen LogP contribution in [0.5, 0.6) is 0 Å². The van der Waals surface area contributed by atoms with E-state index in [4.69, 9.17) is 4.52 Å². The fraction of sp³-hybridized carbons (Fsp3) is 0.250. The molecule has 0 N–H and O–H groups in total. The van der Waals surface area contributed by atoms with Crippen LogP contribution < -0.4 is 16.3 Å². The average Bonchev–Trinajstić information content (AvgIpc) is 3.32. The van der Waals surface area contributed by atoms with E-state index in [2.05, 4.69) is 0 Å². The summed E-state index contributed by atoms with van der Waals surface area (Å²) in [4.78, 5) is 42.4. The predicted molar refractivity (Wildman–Crippen MR) is 138 cm³/mol. The molecule has 1 aromatic heterocycles. The van der Waals surface area contributed by atoms with Crippen LogP contribution in [0.4, 0.5) is 41.2 Å². The van der Waals surface area contributed by atoms with Crippen LogP contribution >= 0.6 is 0 Å². The largest absolute Gasteiger partial charge is 0.447 e. The monoisotopic (exact) mass is 610 g/mol. The fourth-order valence-corrected chi connectivity index (χ4v) is 4.99. The lowest BCUT2D eigenvalue weighted by Gasteiger charge is -2.34. The Morgan fingerprint density at radius 3 is 1.88 bits per heavy atom. The topological polar surface area (TPSA) is 80.7 Å². The van der Waals surface area contributed by atoms with Crippen molar-refractivity contribution < 1.29 is 40.1 Å². The smallest absolute Gasteiger partial charge is 0.314 e. The van der Waals surface area contributed by atoms with Gasteiger partial charge in [-0.2, -0.15) is 30.9 Å². The highest BCUT2D eigenvalue weighted by Gasteiger charge is 2.55. The molecule has 1 aliphatic rings. The summed E-state index contributed by atoms with van der Waals surface area (Å²) in [7, 11) is 0. The lowest BCUT2D eigenvalue weighted by Crippen LogP contribution is -2.46. The zero-order chi connectivity index (χ0) is 31.5. The zero-order valence-electron chi connectivity index (χ0n) is 22.3. The number of urea groups is 1. The lowest BCUT2D eigenvalue weighted by molar-refractivity contribution is -0.138. The van der Waals surface area contributed by atoms with Crippen LogP contribution in [0.1, 0.15) is 36.7 Å². The molecule has 15 heteroatoms. The van der Waals surface area contributed by atoms with E-state index in [0.29, 0.717) is 27.0 Å². The molecule has 0 bridgehead atoms. The molecule has 1 aliphatic heterocycles. The number of halogens is 7. The molecule has 43 heavy (non-hydrogen) atoms. The second-order valence-electron chi connectivity index (χ2n) is 10.3. The summed E-state index contributed by atoms with van der Waals surface area (Å²) in [5.41, 5.74) is -5.40. The highest BCUT2D eigenvalue weighted by atomic mass is 19.4. The van der Waals surface area contributed by atoms with Crippen LogP contribution in [0.3, 0.4) is 0 Å². The van der Waals surface area contributed by atoms with E-state index in [-0.39, 0.29) is 12.2 Å². The number of carbonyl (C=O) groups excluding carboxylic acids is 1. The molecule has 0 spiro atoms. The van der Waals surface area contributed by atoms with Crippen LogP contribution in [0.15, 0.2) is 86.9 Å². The van der Waals surface area contributed by atoms with E-state index in [1.54, 1.807) is 0 Å². The third-order valence-electron chi connectivity index (χ3n) is 7.11. The SMILES string of the molecule is CC1(C)C(n2oc(=O)n(-c3cccc(C(F)(F)F)c3)c2=O)N(c2cccc(C(F)(F)F)c2)C(=O)N1Cc1ccc(F)cc1. The highest BCUT2D eigenvalue weighted by Crippen LogP contribution is 2.44. The van der Waals surface area contributed by atoms with Gasteiger partial charge in [-0.15, -0.1) is 4.74 Å². The molecule has 0 saturated carbocycles. The normalized spacial score (nSPS) is 17.1. The quantitative estimate of drug-likeness (QED) is 0.253. The number of alkyl halides is 6. The van der Waals surface area contributed by atoms with Crippen LogP contribution in [0.2, 0.25) is 0 Å². The Balaban J connectivity index is 1.69. The summed E-state index contributed by atoms with van der Waals surface area (Å²) in [6.07, 6.45) is -11.2. The number of aromatic nitrogens is 2. The van der Waals surface area contributed by atoms with Crippen molar-refractivity contribution in [2.24, 2.45) is 0 Å². The molecular weight excluding hydrogens is 589 g/mol. The van der Waals surface area contributed by atoms with E-state index in [9.17, 15) is 45.1 Å². The van der Waals surface area contributed by atoms with Crippen LogP contribution in [0.25, 0.3) is 5.69 Å². The zero-order valence-corrected chi connectivity index (χ0v) is 22.3. The Hall–Kier alpha value is -4.82. The van der Waals surface area contributed by atoms with Gasteiger partial charge in [-0.3, -0.25) is 4.90 Å². The molecule has 2 amide bonds. The summed E-state index contributed by atoms with van der Waals surface area (Å²) in [6, 6.07) is 11.2. The van der Waals surface area contributed by atoms with E-state index >= 15 is 0 Å². The molecule has 1 saturated heterocycles.